The Hall–Kier alpha value is -2.04. The first-order valence-electron chi connectivity index (χ1n) is 7.20. The number of hydrogen-bond acceptors (Lipinski definition) is 2. The standard InChI is InChI=1S/C16H24N2O3/c1-11(2)8-13(9-15(19)20)10-17-16(21)18-14-6-4-12(3)5-7-14/h4-7,11,13H,8-10H2,1-3H3,(H,19,20)(H2,17,18,21). The summed E-state index contributed by atoms with van der Waals surface area (Å²) in [5.41, 5.74) is 1.84. The van der Waals surface area contributed by atoms with E-state index in [1.54, 1.807) is 0 Å². The molecule has 5 heteroatoms. The van der Waals surface area contributed by atoms with Crippen molar-refractivity contribution in [2.24, 2.45) is 11.8 Å². The molecule has 0 spiro atoms. The van der Waals surface area contributed by atoms with Gasteiger partial charge >= 0.3 is 12.0 Å². The van der Waals surface area contributed by atoms with Gasteiger partial charge in [-0.3, -0.25) is 4.79 Å². The van der Waals surface area contributed by atoms with Crippen molar-refractivity contribution in [2.75, 3.05) is 11.9 Å². The molecule has 0 aliphatic rings. The molecule has 0 saturated carbocycles. The molecule has 1 unspecified atom stereocenters. The summed E-state index contributed by atoms with van der Waals surface area (Å²) in [5.74, 6) is -0.482. The quantitative estimate of drug-likeness (QED) is 0.721. The van der Waals surface area contributed by atoms with E-state index < -0.39 is 5.97 Å². The fourth-order valence-corrected chi connectivity index (χ4v) is 2.20. The third-order valence-corrected chi connectivity index (χ3v) is 3.13. The lowest BCUT2D eigenvalue weighted by Gasteiger charge is -2.18. The largest absolute Gasteiger partial charge is 0.481 e. The monoisotopic (exact) mass is 292 g/mol. The van der Waals surface area contributed by atoms with Crippen molar-refractivity contribution in [3.63, 3.8) is 0 Å². The van der Waals surface area contributed by atoms with E-state index in [2.05, 4.69) is 10.6 Å². The van der Waals surface area contributed by atoms with Gasteiger partial charge < -0.3 is 15.7 Å². The van der Waals surface area contributed by atoms with Crippen LogP contribution >= 0.6 is 0 Å². The second-order valence-electron chi connectivity index (χ2n) is 5.79. The van der Waals surface area contributed by atoms with E-state index in [-0.39, 0.29) is 18.4 Å². The first kappa shape index (κ1) is 17.0. The average Bonchev–Trinajstić information content (AvgIpc) is 2.37. The van der Waals surface area contributed by atoms with Crippen LogP contribution in [-0.2, 0) is 4.79 Å². The summed E-state index contributed by atoms with van der Waals surface area (Å²) in [5, 5.41) is 14.4. The van der Waals surface area contributed by atoms with Crippen LogP contribution < -0.4 is 10.6 Å². The number of aliphatic carboxylic acids is 1. The minimum absolute atomic E-state index is 0.0498. The number of carbonyl (C=O) groups is 2. The van der Waals surface area contributed by atoms with Crippen molar-refractivity contribution in [3.8, 4) is 0 Å². The van der Waals surface area contributed by atoms with Gasteiger partial charge in [0.05, 0.1) is 0 Å². The average molecular weight is 292 g/mol. The summed E-state index contributed by atoms with van der Waals surface area (Å²) in [4.78, 5) is 22.6. The van der Waals surface area contributed by atoms with Crippen LogP contribution in [0.25, 0.3) is 0 Å². The number of aryl methyl sites for hydroxylation is 1. The SMILES string of the molecule is Cc1ccc(NC(=O)NCC(CC(=O)O)CC(C)C)cc1. The van der Waals surface area contributed by atoms with E-state index >= 15 is 0 Å². The van der Waals surface area contributed by atoms with E-state index in [1.165, 1.54) is 0 Å². The Balaban J connectivity index is 2.44. The Morgan fingerprint density at radius 1 is 1.19 bits per heavy atom. The summed E-state index contributed by atoms with van der Waals surface area (Å²) >= 11 is 0. The third kappa shape index (κ3) is 7.34. The van der Waals surface area contributed by atoms with Crippen LogP contribution in [0.1, 0.15) is 32.3 Å². The van der Waals surface area contributed by atoms with Gasteiger partial charge in [0.1, 0.15) is 0 Å². The highest BCUT2D eigenvalue weighted by Crippen LogP contribution is 2.15. The van der Waals surface area contributed by atoms with Crippen LogP contribution in [-0.4, -0.2) is 23.7 Å². The molecule has 0 aliphatic heterocycles. The lowest BCUT2D eigenvalue weighted by atomic mass is 9.94. The van der Waals surface area contributed by atoms with Gasteiger partial charge in [0.15, 0.2) is 0 Å². The molecule has 0 heterocycles. The van der Waals surface area contributed by atoms with Gasteiger partial charge in [-0.25, -0.2) is 4.79 Å². The first-order chi connectivity index (χ1) is 9.86. The molecule has 0 saturated heterocycles. The van der Waals surface area contributed by atoms with Gasteiger partial charge in [0.25, 0.3) is 0 Å². The number of carboxylic acids is 1. The van der Waals surface area contributed by atoms with Crippen LogP contribution in [0, 0.1) is 18.8 Å². The number of anilines is 1. The molecular formula is C16H24N2O3. The molecule has 0 fully saturated rings. The molecule has 3 N–H and O–H groups in total. The Kier molecular flexibility index (Phi) is 6.72. The number of carbonyl (C=O) groups excluding carboxylic acids is 1. The number of carboxylic acid groups (broad SMARTS) is 1. The maximum absolute atomic E-state index is 11.8. The van der Waals surface area contributed by atoms with Crippen molar-refractivity contribution in [2.45, 2.75) is 33.6 Å². The predicted molar refractivity (Wildman–Crippen MR) is 83.4 cm³/mol. The Morgan fingerprint density at radius 2 is 1.81 bits per heavy atom. The smallest absolute Gasteiger partial charge is 0.319 e. The molecule has 116 valence electrons. The zero-order valence-electron chi connectivity index (χ0n) is 12.8. The highest BCUT2D eigenvalue weighted by molar-refractivity contribution is 5.89. The number of urea groups is 1. The molecule has 21 heavy (non-hydrogen) atoms. The van der Waals surface area contributed by atoms with Crippen molar-refractivity contribution < 1.29 is 14.7 Å². The Bertz CT molecular complexity index is 469. The molecule has 0 aromatic heterocycles. The van der Waals surface area contributed by atoms with E-state index in [4.69, 9.17) is 5.11 Å². The molecule has 5 nitrogen and oxygen atoms in total. The number of amides is 2. The minimum Gasteiger partial charge on any atom is -0.481 e. The third-order valence-electron chi connectivity index (χ3n) is 3.13. The van der Waals surface area contributed by atoms with Gasteiger partial charge in [0, 0.05) is 18.7 Å². The fraction of sp³-hybridized carbons (Fsp3) is 0.500. The molecule has 1 aromatic carbocycles. The van der Waals surface area contributed by atoms with Crippen LogP contribution in [0.2, 0.25) is 0 Å². The molecule has 0 radical (unpaired) electrons. The van der Waals surface area contributed by atoms with E-state index in [9.17, 15) is 9.59 Å². The van der Waals surface area contributed by atoms with Gasteiger partial charge in [-0.1, -0.05) is 31.5 Å². The predicted octanol–water partition coefficient (Wildman–Crippen LogP) is 3.25. The second kappa shape index (κ2) is 8.29. The summed E-state index contributed by atoms with van der Waals surface area (Å²) in [6.07, 6.45) is 0.847. The number of hydrogen-bond donors (Lipinski definition) is 3. The van der Waals surface area contributed by atoms with E-state index in [1.807, 2.05) is 45.0 Å². The molecule has 0 aliphatic carbocycles. The van der Waals surface area contributed by atoms with Gasteiger partial charge in [-0.05, 0) is 37.3 Å². The van der Waals surface area contributed by atoms with Gasteiger partial charge in [0.2, 0.25) is 0 Å². The highest BCUT2D eigenvalue weighted by atomic mass is 16.4. The zero-order valence-corrected chi connectivity index (χ0v) is 12.8. The topological polar surface area (TPSA) is 78.4 Å². The summed E-state index contributed by atoms with van der Waals surface area (Å²) < 4.78 is 0. The molecule has 2 amide bonds. The molecule has 1 aromatic rings. The maximum atomic E-state index is 11.8. The van der Waals surface area contributed by atoms with Crippen molar-refractivity contribution in [1.82, 2.24) is 5.32 Å². The van der Waals surface area contributed by atoms with Crippen LogP contribution in [0.5, 0.6) is 0 Å². The lowest BCUT2D eigenvalue weighted by molar-refractivity contribution is -0.138. The van der Waals surface area contributed by atoms with Crippen molar-refractivity contribution >= 4 is 17.7 Å². The summed E-state index contributed by atoms with van der Waals surface area (Å²) in [6, 6.07) is 7.19. The van der Waals surface area contributed by atoms with Gasteiger partial charge in [-0.15, -0.1) is 0 Å². The second-order valence-corrected chi connectivity index (χ2v) is 5.79. The minimum atomic E-state index is -0.832. The fourth-order valence-electron chi connectivity index (χ4n) is 2.20. The van der Waals surface area contributed by atoms with Crippen LogP contribution in [0.15, 0.2) is 24.3 Å². The van der Waals surface area contributed by atoms with Crippen LogP contribution in [0.4, 0.5) is 10.5 Å². The van der Waals surface area contributed by atoms with E-state index in [0.29, 0.717) is 12.5 Å². The lowest BCUT2D eigenvalue weighted by Crippen LogP contribution is -2.34. The number of benzene rings is 1. The molecule has 1 rings (SSSR count). The first-order valence-corrected chi connectivity index (χ1v) is 7.20. The highest BCUT2D eigenvalue weighted by Gasteiger charge is 2.16. The summed E-state index contributed by atoms with van der Waals surface area (Å²) in [6.45, 7) is 6.43. The molecule has 1 atom stereocenters. The van der Waals surface area contributed by atoms with Crippen LogP contribution in [0.3, 0.4) is 0 Å². The Labute approximate surface area is 125 Å². The van der Waals surface area contributed by atoms with Gasteiger partial charge in [-0.2, -0.15) is 0 Å². The zero-order chi connectivity index (χ0) is 15.8. The number of nitrogens with one attached hydrogen (secondary N) is 2. The van der Waals surface area contributed by atoms with Crippen molar-refractivity contribution in [1.29, 1.82) is 0 Å². The molecule has 0 bridgehead atoms. The molecular weight excluding hydrogens is 268 g/mol. The van der Waals surface area contributed by atoms with E-state index in [0.717, 1.165) is 17.7 Å². The Morgan fingerprint density at radius 3 is 2.33 bits per heavy atom. The van der Waals surface area contributed by atoms with Crippen molar-refractivity contribution in [3.05, 3.63) is 29.8 Å². The summed E-state index contributed by atoms with van der Waals surface area (Å²) in [7, 11) is 0. The normalized spacial score (nSPS) is 12.0. The maximum Gasteiger partial charge on any atom is 0.319 e. The number of rotatable bonds is 7.